The molecule has 0 radical (unpaired) electrons. The maximum absolute atomic E-state index is 12.7. The lowest BCUT2D eigenvalue weighted by atomic mass is 9.84. The van der Waals surface area contributed by atoms with Gasteiger partial charge in [0.2, 0.25) is 5.91 Å². The van der Waals surface area contributed by atoms with Gasteiger partial charge in [-0.25, -0.2) is 0 Å². The maximum Gasteiger partial charge on any atom is 0.225 e. The molecule has 2 saturated carbocycles. The Morgan fingerprint density at radius 2 is 1.87 bits per heavy atom. The van der Waals surface area contributed by atoms with E-state index in [0.717, 1.165) is 12.0 Å². The molecule has 5 unspecified atom stereocenters. The molecule has 5 atom stereocenters. The molecule has 0 aliphatic heterocycles. The van der Waals surface area contributed by atoms with Crippen molar-refractivity contribution in [2.75, 3.05) is 0 Å². The zero-order valence-electron chi connectivity index (χ0n) is 13.5. The molecule has 2 bridgehead atoms. The van der Waals surface area contributed by atoms with Crippen molar-refractivity contribution in [3.05, 3.63) is 48.0 Å². The molecule has 23 heavy (non-hydrogen) atoms. The average Bonchev–Trinajstić information content (AvgIpc) is 3.15. The molecule has 3 N–H and O–H groups in total. The number of carbonyl (C=O) groups is 1. The number of nitrogens with one attached hydrogen (secondary N) is 1. The lowest BCUT2D eigenvalue weighted by Crippen LogP contribution is -2.45. The summed E-state index contributed by atoms with van der Waals surface area (Å²) < 4.78 is 0. The summed E-state index contributed by atoms with van der Waals surface area (Å²) in [5, 5.41) is 5.64. The summed E-state index contributed by atoms with van der Waals surface area (Å²) in [6.45, 7) is 2.06. The van der Waals surface area contributed by atoms with Gasteiger partial charge in [-0.1, -0.05) is 36.4 Å². The van der Waals surface area contributed by atoms with Crippen LogP contribution in [0.4, 0.5) is 0 Å². The summed E-state index contributed by atoms with van der Waals surface area (Å²) in [4.78, 5) is 12.7. The predicted molar refractivity (Wildman–Crippen MR) is 92.8 cm³/mol. The van der Waals surface area contributed by atoms with E-state index in [1.54, 1.807) is 0 Å². The fraction of sp³-hybridized carbons (Fsp3) is 0.450. The van der Waals surface area contributed by atoms with E-state index < -0.39 is 0 Å². The molecule has 2 aliphatic rings. The average molecular weight is 308 g/mol. The van der Waals surface area contributed by atoms with E-state index in [9.17, 15) is 4.79 Å². The van der Waals surface area contributed by atoms with Crippen molar-refractivity contribution < 1.29 is 4.79 Å². The molecule has 3 nitrogen and oxygen atoms in total. The zero-order valence-corrected chi connectivity index (χ0v) is 13.5. The Morgan fingerprint density at radius 3 is 2.61 bits per heavy atom. The number of hydrogen-bond donors (Lipinski definition) is 2. The maximum atomic E-state index is 12.7. The van der Waals surface area contributed by atoms with Gasteiger partial charge >= 0.3 is 0 Å². The van der Waals surface area contributed by atoms with E-state index in [2.05, 4.69) is 42.6 Å². The van der Waals surface area contributed by atoms with Gasteiger partial charge in [0.15, 0.2) is 0 Å². The van der Waals surface area contributed by atoms with Crippen molar-refractivity contribution in [1.82, 2.24) is 5.32 Å². The summed E-state index contributed by atoms with van der Waals surface area (Å²) in [6, 6.07) is 14.8. The first kappa shape index (κ1) is 14.7. The Morgan fingerprint density at radius 1 is 1.13 bits per heavy atom. The van der Waals surface area contributed by atoms with Gasteiger partial charge < -0.3 is 11.1 Å². The van der Waals surface area contributed by atoms with Crippen molar-refractivity contribution in [2.24, 2.45) is 23.5 Å². The van der Waals surface area contributed by atoms with Gasteiger partial charge in [0, 0.05) is 6.04 Å². The summed E-state index contributed by atoms with van der Waals surface area (Å²) in [7, 11) is 0. The highest BCUT2D eigenvalue weighted by atomic mass is 16.2. The lowest BCUT2D eigenvalue weighted by Gasteiger charge is -2.28. The first-order chi connectivity index (χ1) is 11.1. The first-order valence-electron chi connectivity index (χ1n) is 8.68. The highest BCUT2D eigenvalue weighted by Crippen LogP contribution is 2.47. The van der Waals surface area contributed by atoms with Crippen LogP contribution in [0.3, 0.4) is 0 Å². The second-order valence-corrected chi connectivity index (χ2v) is 7.27. The van der Waals surface area contributed by atoms with Crippen LogP contribution in [0.2, 0.25) is 0 Å². The topological polar surface area (TPSA) is 55.1 Å². The molecular formula is C20H24N2O. The van der Waals surface area contributed by atoms with Crippen LogP contribution < -0.4 is 11.1 Å². The quantitative estimate of drug-likeness (QED) is 0.913. The number of amides is 1. The van der Waals surface area contributed by atoms with Crippen LogP contribution in [0.15, 0.2) is 42.5 Å². The molecule has 3 heteroatoms. The molecule has 0 spiro atoms. The van der Waals surface area contributed by atoms with E-state index in [-0.39, 0.29) is 23.9 Å². The number of benzene rings is 2. The normalized spacial score (nSPS) is 30.5. The van der Waals surface area contributed by atoms with Crippen molar-refractivity contribution in [3.8, 4) is 0 Å². The number of nitrogens with two attached hydrogens (primary N) is 1. The molecule has 2 aromatic rings. The monoisotopic (exact) mass is 308 g/mol. The zero-order chi connectivity index (χ0) is 16.0. The third-order valence-electron chi connectivity index (χ3n) is 5.92. The highest BCUT2D eigenvalue weighted by molar-refractivity contribution is 5.84. The Balaban J connectivity index is 1.50. The Hall–Kier alpha value is -1.87. The van der Waals surface area contributed by atoms with Gasteiger partial charge in [-0.05, 0) is 60.4 Å². The van der Waals surface area contributed by atoms with Crippen LogP contribution in [0.1, 0.15) is 37.8 Å². The minimum atomic E-state index is 0.0108. The van der Waals surface area contributed by atoms with Crippen LogP contribution in [0, 0.1) is 17.8 Å². The Kier molecular flexibility index (Phi) is 3.61. The van der Waals surface area contributed by atoms with Crippen LogP contribution in [-0.4, -0.2) is 11.9 Å². The summed E-state index contributed by atoms with van der Waals surface area (Å²) >= 11 is 0. The third kappa shape index (κ3) is 2.53. The number of carbonyl (C=O) groups excluding carboxylic acids is 1. The van der Waals surface area contributed by atoms with Gasteiger partial charge in [0.1, 0.15) is 0 Å². The minimum absolute atomic E-state index is 0.0108. The van der Waals surface area contributed by atoms with Crippen LogP contribution in [0.25, 0.3) is 10.8 Å². The van der Waals surface area contributed by atoms with Crippen molar-refractivity contribution >= 4 is 16.7 Å². The highest BCUT2D eigenvalue weighted by Gasteiger charge is 2.49. The van der Waals surface area contributed by atoms with Gasteiger partial charge in [-0.3, -0.25) is 4.79 Å². The summed E-state index contributed by atoms with van der Waals surface area (Å²) in [5.74, 6) is 1.22. The standard InChI is InChI=1S/C20H24N2O/c1-12(14-7-6-13-4-2-3-5-15(13)10-14)22-20(23)18-16-8-9-17(11-16)19(18)21/h2-7,10,12,16-19H,8-9,11,21H2,1H3,(H,22,23). The van der Waals surface area contributed by atoms with E-state index in [1.165, 1.54) is 23.6 Å². The first-order valence-corrected chi connectivity index (χ1v) is 8.68. The van der Waals surface area contributed by atoms with E-state index in [1.807, 2.05) is 12.1 Å². The molecule has 1 amide bonds. The van der Waals surface area contributed by atoms with Crippen LogP contribution >= 0.6 is 0 Å². The number of fused-ring (bicyclic) bond motifs is 3. The molecular weight excluding hydrogens is 284 g/mol. The van der Waals surface area contributed by atoms with E-state index in [4.69, 9.17) is 5.73 Å². The Bertz CT molecular complexity index is 739. The smallest absolute Gasteiger partial charge is 0.225 e. The second kappa shape index (κ2) is 5.64. The molecule has 2 aromatic carbocycles. The van der Waals surface area contributed by atoms with Gasteiger partial charge in [-0.15, -0.1) is 0 Å². The lowest BCUT2D eigenvalue weighted by molar-refractivity contribution is -0.127. The summed E-state index contributed by atoms with van der Waals surface area (Å²) in [5.41, 5.74) is 7.44. The van der Waals surface area contributed by atoms with Crippen molar-refractivity contribution in [1.29, 1.82) is 0 Å². The fourth-order valence-electron chi connectivity index (χ4n) is 4.59. The van der Waals surface area contributed by atoms with Gasteiger partial charge in [0.25, 0.3) is 0 Å². The molecule has 2 aliphatic carbocycles. The number of hydrogen-bond acceptors (Lipinski definition) is 2. The van der Waals surface area contributed by atoms with Crippen molar-refractivity contribution in [3.63, 3.8) is 0 Å². The molecule has 2 fully saturated rings. The van der Waals surface area contributed by atoms with Crippen LogP contribution in [0.5, 0.6) is 0 Å². The predicted octanol–water partition coefficient (Wildman–Crippen LogP) is 3.39. The summed E-state index contributed by atoms with van der Waals surface area (Å²) in [6.07, 6.45) is 3.51. The Labute approximate surface area is 137 Å². The molecule has 0 saturated heterocycles. The van der Waals surface area contributed by atoms with E-state index >= 15 is 0 Å². The molecule has 120 valence electrons. The van der Waals surface area contributed by atoms with Gasteiger partial charge in [0.05, 0.1) is 12.0 Å². The molecule has 0 aromatic heterocycles. The minimum Gasteiger partial charge on any atom is -0.349 e. The fourth-order valence-corrected chi connectivity index (χ4v) is 4.59. The second-order valence-electron chi connectivity index (χ2n) is 7.27. The van der Waals surface area contributed by atoms with E-state index in [0.29, 0.717) is 11.8 Å². The largest absolute Gasteiger partial charge is 0.349 e. The molecule has 4 rings (SSSR count). The van der Waals surface area contributed by atoms with Gasteiger partial charge in [-0.2, -0.15) is 0 Å². The SMILES string of the molecule is CC(NC(=O)C1C2CCC(C2)C1N)c1ccc2ccccc2c1. The van der Waals surface area contributed by atoms with Crippen LogP contribution in [-0.2, 0) is 4.79 Å². The third-order valence-corrected chi connectivity index (χ3v) is 5.92. The number of rotatable bonds is 3. The molecule has 0 heterocycles. The van der Waals surface area contributed by atoms with Crippen molar-refractivity contribution in [2.45, 2.75) is 38.3 Å².